The van der Waals surface area contributed by atoms with Gasteiger partial charge in [0.15, 0.2) is 0 Å². The Balaban J connectivity index is 2.14. The summed E-state index contributed by atoms with van der Waals surface area (Å²) in [5, 5.41) is 12.0. The van der Waals surface area contributed by atoms with E-state index in [1.54, 1.807) is 0 Å². The van der Waals surface area contributed by atoms with Crippen molar-refractivity contribution in [3.8, 4) is 6.07 Å². The summed E-state index contributed by atoms with van der Waals surface area (Å²) in [6.45, 7) is 7.97. The average Bonchev–Trinajstić information content (AvgIpc) is 2.14. The van der Waals surface area contributed by atoms with Crippen LogP contribution in [0.15, 0.2) is 0 Å². The molecule has 2 fully saturated rings. The van der Waals surface area contributed by atoms with Crippen molar-refractivity contribution < 1.29 is 4.79 Å². The summed E-state index contributed by atoms with van der Waals surface area (Å²) in [5.74, 6) is -0.0125. The summed E-state index contributed by atoms with van der Waals surface area (Å²) < 4.78 is 0. The third-order valence-electron chi connectivity index (χ3n) is 3.69. The maximum absolute atomic E-state index is 11.8. The maximum Gasteiger partial charge on any atom is 0.236 e. The van der Waals surface area contributed by atoms with Crippen molar-refractivity contribution in [2.24, 2.45) is 10.8 Å². The molecule has 4 heteroatoms. The summed E-state index contributed by atoms with van der Waals surface area (Å²) in [6.07, 6.45) is 1.18. The molecule has 2 saturated heterocycles. The second kappa shape index (κ2) is 3.74. The Labute approximate surface area is 96.6 Å². The molecule has 88 valence electrons. The van der Waals surface area contributed by atoms with Crippen molar-refractivity contribution in [2.45, 2.75) is 26.7 Å². The largest absolute Gasteiger partial charge is 0.341 e. The molecule has 2 aliphatic rings. The highest BCUT2D eigenvalue weighted by Crippen LogP contribution is 2.42. The highest BCUT2D eigenvalue weighted by molar-refractivity contribution is 5.78. The van der Waals surface area contributed by atoms with E-state index in [2.05, 4.69) is 19.2 Å². The first kappa shape index (κ1) is 11.4. The molecule has 0 saturated carbocycles. The van der Waals surface area contributed by atoms with E-state index in [1.165, 1.54) is 6.42 Å². The highest BCUT2D eigenvalue weighted by Gasteiger charge is 2.46. The minimum Gasteiger partial charge on any atom is -0.341 e. The predicted molar refractivity (Wildman–Crippen MR) is 60.5 cm³/mol. The molecule has 2 rings (SSSR count). The first-order chi connectivity index (χ1) is 7.46. The van der Waals surface area contributed by atoms with Gasteiger partial charge in [-0.05, 0) is 17.3 Å². The molecule has 1 amide bonds. The Kier molecular flexibility index (Phi) is 2.67. The number of likely N-dealkylation sites (tertiary alicyclic amines) is 1. The number of rotatable bonds is 1. The van der Waals surface area contributed by atoms with Gasteiger partial charge in [-0.2, -0.15) is 5.26 Å². The SMILES string of the molecule is C[C@@]12CNC[C@](C)(CN(C(=O)CC#N)C1)C2. The van der Waals surface area contributed by atoms with Gasteiger partial charge in [-0.3, -0.25) is 4.79 Å². The van der Waals surface area contributed by atoms with Gasteiger partial charge in [0.2, 0.25) is 5.91 Å². The molecule has 0 aromatic rings. The van der Waals surface area contributed by atoms with Crippen LogP contribution in [0.5, 0.6) is 0 Å². The van der Waals surface area contributed by atoms with Crippen molar-refractivity contribution in [2.75, 3.05) is 26.2 Å². The molecule has 1 N–H and O–H groups in total. The van der Waals surface area contributed by atoms with Gasteiger partial charge in [-0.15, -0.1) is 0 Å². The molecular weight excluding hydrogens is 202 g/mol. The van der Waals surface area contributed by atoms with E-state index in [4.69, 9.17) is 5.26 Å². The number of hydrogen-bond acceptors (Lipinski definition) is 3. The lowest BCUT2D eigenvalue weighted by molar-refractivity contribution is -0.139. The van der Waals surface area contributed by atoms with E-state index in [9.17, 15) is 4.79 Å². The fourth-order valence-electron chi connectivity index (χ4n) is 3.38. The molecule has 2 atom stereocenters. The second-order valence-electron chi connectivity index (χ2n) is 5.99. The van der Waals surface area contributed by atoms with Crippen LogP contribution in [-0.2, 0) is 4.79 Å². The fourth-order valence-corrected chi connectivity index (χ4v) is 3.38. The number of nitrogens with zero attached hydrogens (tertiary/aromatic N) is 2. The minimum absolute atomic E-state index is 0.0125. The molecule has 4 nitrogen and oxygen atoms in total. The van der Waals surface area contributed by atoms with Gasteiger partial charge >= 0.3 is 0 Å². The Morgan fingerprint density at radius 3 is 2.44 bits per heavy atom. The Hall–Kier alpha value is -1.08. The lowest BCUT2D eigenvalue weighted by atomic mass is 9.66. The molecule has 0 aromatic heterocycles. The number of carbonyl (C=O) groups is 1. The van der Waals surface area contributed by atoms with Crippen molar-refractivity contribution in [3.63, 3.8) is 0 Å². The minimum atomic E-state index is -0.0125. The number of nitrogens with one attached hydrogen (secondary N) is 1. The zero-order valence-electron chi connectivity index (χ0n) is 10.0. The predicted octanol–water partition coefficient (Wildman–Crippen LogP) is 0.748. The fraction of sp³-hybridized carbons (Fsp3) is 0.833. The van der Waals surface area contributed by atoms with E-state index in [1.807, 2.05) is 11.0 Å². The zero-order chi connectivity index (χ0) is 11.8. The summed E-state index contributed by atoms with van der Waals surface area (Å²) in [5.41, 5.74) is 0.354. The topological polar surface area (TPSA) is 56.1 Å². The summed E-state index contributed by atoms with van der Waals surface area (Å²) in [4.78, 5) is 13.7. The molecule has 0 spiro atoms. The van der Waals surface area contributed by atoms with Crippen LogP contribution in [0.4, 0.5) is 0 Å². The molecule has 0 aliphatic carbocycles. The van der Waals surface area contributed by atoms with Crippen LogP contribution < -0.4 is 5.32 Å². The smallest absolute Gasteiger partial charge is 0.236 e. The van der Waals surface area contributed by atoms with Crippen LogP contribution in [0.25, 0.3) is 0 Å². The average molecular weight is 221 g/mol. The van der Waals surface area contributed by atoms with Gasteiger partial charge < -0.3 is 10.2 Å². The number of carbonyl (C=O) groups excluding carboxylic acids is 1. The number of nitriles is 1. The Bertz CT molecular complexity index is 331. The van der Waals surface area contributed by atoms with Crippen LogP contribution in [0.2, 0.25) is 0 Å². The molecule has 2 heterocycles. The molecule has 0 aromatic carbocycles. The van der Waals surface area contributed by atoms with Gasteiger partial charge in [-0.25, -0.2) is 0 Å². The van der Waals surface area contributed by atoms with Gasteiger partial charge in [0.1, 0.15) is 6.42 Å². The van der Waals surface area contributed by atoms with Crippen molar-refractivity contribution >= 4 is 5.91 Å². The summed E-state index contributed by atoms with van der Waals surface area (Å²) >= 11 is 0. The van der Waals surface area contributed by atoms with E-state index in [-0.39, 0.29) is 23.2 Å². The van der Waals surface area contributed by atoms with Gasteiger partial charge in [0.25, 0.3) is 0 Å². The van der Waals surface area contributed by atoms with E-state index in [0.717, 1.165) is 26.2 Å². The van der Waals surface area contributed by atoms with Crippen molar-refractivity contribution in [1.82, 2.24) is 10.2 Å². The normalized spacial score (nSPS) is 37.9. The van der Waals surface area contributed by atoms with Gasteiger partial charge in [0, 0.05) is 26.2 Å². The zero-order valence-corrected chi connectivity index (χ0v) is 10.0. The monoisotopic (exact) mass is 221 g/mol. The van der Waals surface area contributed by atoms with Crippen LogP contribution in [0.3, 0.4) is 0 Å². The van der Waals surface area contributed by atoms with Crippen molar-refractivity contribution in [1.29, 1.82) is 5.26 Å². The van der Waals surface area contributed by atoms with Crippen LogP contribution >= 0.6 is 0 Å². The number of piperidine rings is 2. The van der Waals surface area contributed by atoms with Crippen molar-refractivity contribution in [3.05, 3.63) is 0 Å². The van der Waals surface area contributed by atoms with Gasteiger partial charge in [-0.1, -0.05) is 13.8 Å². The third-order valence-corrected chi connectivity index (χ3v) is 3.69. The lowest BCUT2D eigenvalue weighted by Crippen LogP contribution is -2.62. The first-order valence-electron chi connectivity index (χ1n) is 5.82. The van der Waals surface area contributed by atoms with Crippen LogP contribution in [0.1, 0.15) is 26.7 Å². The van der Waals surface area contributed by atoms with Gasteiger partial charge in [0.05, 0.1) is 6.07 Å². The standard InChI is InChI=1S/C12H19N3O/c1-11-5-12(2,7-14-6-11)9-15(8-11)10(16)3-4-13/h14H,3,5-9H2,1-2H3/t11-,12-/m1/s1. The van der Waals surface area contributed by atoms with E-state index >= 15 is 0 Å². The molecular formula is C12H19N3O. The lowest BCUT2D eigenvalue weighted by Gasteiger charge is -2.53. The molecule has 2 aliphatic heterocycles. The molecule has 2 bridgehead atoms. The first-order valence-corrected chi connectivity index (χ1v) is 5.82. The third kappa shape index (κ3) is 2.05. The number of amides is 1. The maximum atomic E-state index is 11.8. The van der Waals surface area contributed by atoms with E-state index in [0.29, 0.717) is 0 Å². The quantitative estimate of drug-likeness (QED) is 0.711. The number of hydrogen-bond donors (Lipinski definition) is 1. The second-order valence-corrected chi connectivity index (χ2v) is 5.99. The molecule has 0 unspecified atom stereocenters. The molecule has 0 radical (unpaired) electrons. The molecule has 16 heavy (non-hydrogen) atoms. The van der Waals surface area contributed by atoms with E-state index < -0.39 is 0 Å². The van der Waals surface area contributed by atoms with Crippen LogP contribution in [0, 0.1) is 22.2 Å². The summed E-state index contributed by atoms with van der Waals surface area (Å²) in [7, 11) is 0. The Morgan fingerprint density at radius 1 is 1.38 bits per heavy atom. The Morgan fingerprint density at radius 2 is 1.94 bits per heavy atom. The highest BCUT2D eigenvalue weighted by atomic mass is 16.2. The number of fused-ring (bicyclic) bond motifs is 2. The van der Waals surface area contributed by atoms with Crippen LogP contribution in [-0.4, -0.2) is 37.0 Å². The summed E-state index contributed by atoms with van der Waals surface area (Å²) in [6, 6.07) is 1.95.